The highest BCUT2D eigenvalue weighted by molar-refractivity contribution is 8.00. The van der Waals surface area contributed by atoms with Gasteiger partial charge in [0.15, 0.2) is 0 Å². The molecule has 0 fully saturated rings. The number of aryl methyl sites for hydroxylation is 2. The Morgan fingerprint density at radius 1 is 0.780 bits per heavy atom. The first-order valence-electron chi connectivity index (χ1n) is 12.6. The van der Waals surface area contributed by atoms with Crippen LogP contribution in [0.3, 0.4) is 0 Å². The molecule has 0 saturated carbocycles. The number of rotatable bonds is 9. The average molecular weight is 605 g/mol. The molecule has 0 aliphatic carbocycles. The molecule has 4 aromatic rings. The summed E-state index contributed by atoms with van der Waals surface area (Å²) in [7, 11) is 0. The number of amides is 3. The molecule has 0 aliphatic rings. The van der Waals surface area contributed by atoms with Gasteiger partial charge in [0.2, 0.25) is 5.91 Å². The summed E-state index contributed by atoms with van der Waals surface area (Å²) >= 11 is 13.7. The van der Waals surface area contributed by atoms with Crippen molar-refractivity contribution in [2.45, 2.75) is 18.7 Å². The number of carbonyl (C=O) groups is 3. The first kappa shape index (κ1) is 29.9. The summed E-state index contributed by atoms with van der Waals surface area (Å²) in [6, 6.07) is 26.3. The SMILES string of the molecule is Cc1ccc(NC(=O)CSc2cccc(NC(=O)/C(=C\c3ccc(Cl)cc3Cl)NC(=O)c3ccccc3)c2)cc1C. The van der Waals surface area contributed by atoms with Gasteiger partial charge < -0.3 is 16.0 Å². The van der Waals surface area contributed by atoms with Gasteiger partial charge in [-0.1, -0.05) is 59.6 Å². The van der Waals surface area contributed by atoms with Crippen LogP contribution in [0, 0.1) is 13.8 Å². The van der Waals surface area contributed by atoms with Crippen molar-refractivity contribution in [2.24, 2.45) is 0 Å². The summed E-state index contributed by atoms with van der Waals surface area (Å²) in [6.07, 6.45) is 1.49. The van der Waals surface area contributed by atoms with Crippen molar-refractivity contribution in [3.63, 3.8) is 0 Å². The second kappa shape index (κ2) is 14.0. The third-order valence-corrected chi connectivity index (χ3v) is 7.60. The lowest BCUT2D eigenvalue weighted by Crippen LogP contribution is -2.30. The van der Waals surface area contributed by atoms with Crippen LogP contribution in [0.25, 0.3) is 6.08 Å². The Balaban J connectivity index is 1.47. The molecule has 0 atom stereocenters. The fraction of sp³-hybridized carbons (Fsp3) is 0.0938. The molecule has 0 aliphatic heterocycles. The summed E-state index contributed by atoms with van der Waals surface area (Å²) in [6.45, 7) is 4.02. The van der Waals surface area contributed by atoms with Gasteiger partial charge >= 0.3 is 0 Å². The van der Waals surface area contributed by atoms with Crippen molar-refractivity contribution in [2.75, 3.05) is 16.4 Å². The van der Waals surface area contributed by atoms with Gasteiger partial charge in [-0.15, -0.1) is 11.8 Å². The highest BCUT2D eigenvalue weighted by Crippen LogP contribution is 2.25. The Hall–Kier alpha value is -4.04. The maximum absolute atomic E-state index is 13.4. The van der Waals surface area contributed by atoms with Crippen LogP contribution in [0.4, 0.5) is 11.4 Å². The minimum Gasteiger partial charge on any atom is -0.325 e. The van der Waals surface area contributed by atoms with Gasteiger partial charge in [0, 0.05) is 31.9 Å². The van der Waals surface area contributed by atoms with Gasteiger partial charge in [0.1, 0.15) is 5.70 Å². The fourth-order valence-electron chi connectivity index (χ4n) is 3.74. The van der Waals surface area contributed by atoms with Crippen LogP contribution >= 0.6 is 35.0 Å². The molecule has 0 aromatic heterocycles. The Morgan fingerprint density at radius 3 is 2.27 bits per heavy atom. The van der Waals surface area contributed by atoms with E-state index in [0.717, 1.165) is 21.7 Å². The van der Waals surface area contributed by atoms with Crippen molar-refractivity contribution in [1.82, 2.24) is 5.32 Å². The van der Waals surface area contributed by atoms with E-state index in [-0.39, 0.29) is 17.4 Å². The van der Waals surface area contributed by atoms with E-state index in [1.807, 2.05) is 38.1 Å². The van der Waals surface area contributed by atoms with E-state index < -0.39 is 11.8 Å². The zero-order chi connectivity index (χ0) is 29.4. The maximum atomic E-state index is 13.4. The van der Waals surface area contributed by atoms with E-state index in [9.17, 15) is 14.4 Å². The van der Waals surface area contributed by atoms with Crippen LogP contribution in [-0.4, -0.2) is 23.5 Å². The van der Waals surface area contributed by atoms with E-state index in [4.69, 9.17) is 23.2 Å². The Morgan fingerprint density at radius 2 is 1.54 bits per heavy atom. The van der Waals surface area contributed by atoms with Crippen LogP contribution < -0.4 is 16.0 Å². The Labute approximate surface area is 253 Å². The predicted octanol–water partition coefficient (Wildman–Crippen LogP) is 7.75. The maximum Gasteiger partial charge on any atom is 0.272 e. The Kier molecular flexibility index (Phi) is 10.2. The van der Waals surface area contributed by atoms with Crippen molar-refractivity contribution >= 4 is 70.1 Å². The van der Waals surface area contributed by atoms with Crippen molar-refractivity contribution in [3.8, 4) is 0 Å². The molecule has 0 saturated heterocycles. The lowest BCUT2D eigenvalue weighted by molar-refractivity contribution is -0.114. The number of anilines is 2. The van der Waals surface area contributed by atoms with Gasteiger partial charge in [-0.05, 0) is 91.2 Å². The molecule has 6 nitrogen and oxygen atoms in total. The molecule has 3 amide bonds. The third kappa shape index (κ3) is 8.72. The lowest BCUT2D eigenvalue weighted by atomic mass is 10.1. The molecule has 0 radical (unpaired) electrons. The third-order valence-electron chi connectivity index (χ3n) is 6.04. The summed E-state index contributed by atoms with van der Waals surface area (Å²) < 4.78 is 0. The quantitative estimate of drug-likeness (QED) is 0.135. The van der Waals surface area contributed by atoms with E-state index in [0.29, 0.717) is 26.9 Å². The zero-order valence-corrected chi connectivity index (χ0v) is 24.7. The van der Waals surface area contributed by atoms with E-state index in [2.05, 4.69) is 16.0 Å². The fourth-order valence-corrected chi connectivity index (χ4v) is 4.96. The highest BCUT2D eigenvalue weighted by Gasteiger charge is 2.16. The summed E-state index contributed by atoms with van der Waals surface area (Å²) in [5.74, 6) is -0.940. The standard InChI is InChI=1S/C32H27Cl2N3O3S/c1-20-11-14-26(15-21(20)2)35-30(38)19-41-27-10-6-9-25(18-27)36-32(40)29(16-23-12-13-24(33)17-28(23)34)37-31(39)22-7-4-3-5-8-22/h3-18H,19H2,1-2H3,(H,35,38)(H,36,40)(H,37,39)/b29-16+. The lowest BCUT2D eigenvalue weighted by Gasteiger charge is -2.13. The molecule has 4 rings (SSSR count). The number of benzene rings is 4. The Bertz CT molecular complexity index is 1620. The second-order valence-corrected chi connectivity index (χ2v) is 11.1. The largest absolute Gasteiger partial charge is 0.325 e. The molecular formula is C32H27Cl2N3O3S. The van der Waals surface area contributed by atoms with E-state index >= 15 is 0 Å². The molecule has 0 heterocycles. The second-order valence-electron chi connectivity index (χ2n) is 9.16. The van der Waals surface area contributed by atoms with E-state index in [1.165, 1.54) is 17.8 Å². The molecule has 0 unspecified atom stereocenters. The van der Waals surface area contributed by atoms with Gasteiger partial charge in [-0.25, -0.2) is 0 Å². The zero-order valence-electron chi connectivity index (χ0n) is 22.3. The average Bonchev–Trinajstić information content (AvgIpc) is 2.95. The molecule has 0 bridgehead atoms. The molecule has 0 spiro atoms. The van der Waals surface area contributed by atoms with Crippen LogP contribution in [-0.2, 0) is 9.59 Å². The summed E-state index contributed by atoms with van der Waals surface area (Å²) in [5, 5.41) is 9.20. The highest BCUT2D eigenvalue weighted by atomic mass is 35.5. The predicted molar refractivity (Wildman–Crippen MR) is 169 cm³/mol. The first-order valence-corrected chi connectivity index (χ1v) is 14.4. The van der Waals surface area contributed by atoms with Crippen LogP contribution in [0.2, 0.25) is 10.0 Å². The smallest absolute Gasteiger partial charge is 0.272 e. The van der Waals surface area contributed by atoms with Gasteiger partial charge in [0.05, 0.1) is 5.75 Å². The van der Waals surface area contributed by atoms with Crippen molar-refractivity contribution in [1.29, 1.82) is 0 Å². The molecule has 9 heteroatoms. The number of hydrogen-bond donors (Lipinski definition) is 3. The number of halogens is 2. The van der Waals surface area contributed by atoms with Gasteiger partial charge in [-0.2, -0.15) is 0 Å². The van der Waals surface area contributed by atoms with Gasteiger partial charge in [0.25, 0.3) is 11.8 Å². The van der Waals surface area contributed by atoms with Crippen LogP contribution in [0.1, 0.15) is 27.0 Å². The number of hydrogen-bond acceptors (Lipinski definition) is 4. The molecule has 208 valence electrons. The van der Waals surface area contributed by atoms with Crippen LogP contribution in [0.5, 0.6) is 0 Å². The number of carbonyl (C=O) groups excluding carboxylic acids is 3. The molecule has 4 aromatic carbocycles. The van der Waals surface area contributed by atoms with E-state index in [1.54, 1.807) is 66.7 Å². The molecule has 3 N–H and O–H groups in total. The number of thioether (sulfide) groups is 1. The topological polar surface area (TPSA) is 87.3 Å². The van der Waals surface area contributed by atoms with Crippen molar-refractivity contribution in [3.05, 3.63) is 129 Å². The van der Waals surface area contributed by atoms with Crippen LogP contribution in [0.15, 0.2) is 102 Å². The summed E-state index contributed by atoms with van der Waals surface area (Å²) in [4.78, 5) is 39.5. The molecule has 41 heavy (non-hydrogen) atoms. The summed E-state index contributed by atoms with van der Waals surface area (Å²) in [5.41, 5.74) is 4.40. The minimum atomic E-state index is -0.546. The van der Waals surface area contributed by atoms with Gasteiger partial charge in [-0.3, -0.25) is 14.4 Å². The van der Waals surface area contributed by atoms with Crippen molar-refractivity contribution < 1.29 is 14.4 Å². The first-order chi connectivity index (χ1) is 19.7. The minimum absolute atomic E-state index is 0.00565. The monoisotopic (exact) mass is 603 g/mol. The number of nitrogens with one attached hydrogen (secondary N) is 3. The molecular weight excluding hydrogens is 577 g/mol. The normalized spacial score (nSPS) is 11.1.